The maximum atomic E-state index is 12.6. The number of likely N-dealkylation sites (tertiary alicyclic amines) is 1. The van der Waals surface area contributed by atoms with Gasteiger partial charge >= 0.3 is 0 Å². The largest absolute Gasteiger partial charge is 0.485 e. The number of amides is 1. The first kappa shape index (κ1) is 17.5. The summed E-state index contributed by atoms with van der Waals surface area (Å²) in [6, 6.07) is 7.12. The molecule has 142 valence electrons. The molecule has 1 atom stereocenters. The van der Waals surface area contributed by atoms with Gasteiger partial charge in [-0.15, -0.1) is 10.2 Å². The van der Waals surface area contributed by atoms with E-state index in [-0.39, 0.29) is 12.0 Å². The molecule has 0 N–H and O–H groups in total. The van der Waals surface area contributed by atoms with Gasteiger partial charge in [0.15, 0.2) is 17.3 Å². The molecule has 2 aromatic rings. The Labute approximate surface area is 158 Å². The van der Waals surface area contributed by atoms with Crippen molar-refractivity contribution in [2.24, 2.45) is 0 Å². The van der Waals surface area contributed by atoms with Crippen LogP contribution in [-0.4, -0.2) is 65.4 Å². The number of aromatic nitrogens is 3. The molecule has 2 fully saturated rings. The van der Waals surface area contributed by atoms with Crippen LogP contribution in [0.2, 0.25) is 0 Å². The fourth-order valence-corrected chi connectivity index (χ4v) is 3.53. The van der Waals surface area contributed by atoms with Crippen molar-refractivity contribution in [3.05, 3.63) is 36.2 Å². The molecule has 2 saturated heterocycles. The fraction of sp³-hybridized carbons (Fsp3) is 0.474. The van der Waals surface area contributed by atoms with Gasteiger partial charge in [0.25, 0.3) is 5.91 Å². The minimum absolute atomic E-state index is 0.0503. The van der Waals surface area contributed by atoms with Crippen molar-refractivity contribution >= 4 is 11.7 Å². The van der Waals surface area contributed by atoms with Gasteiger partial charge in [-0.1, -0.05) is 0 Å². The number of rotatable bonds is 5. The third kappa shape index (κ3) is 3.79. The first-order valence-electron chi connectivity index (χ1n) is 9.28. The normalized spacial score (nSPS) is 19.4. The van der Waals surface area contributed by atoms with E-state index in [1.807, 2.05) is 12.1 Å². The van der Waals surface area contributed by atoms with Gasteiger partial charge in [0, 0.05) is 38.3 Å². The number of anilines is 1. The van der Waals surface area contributed by atoms with E-state index < -0.39 is 0 Å². The second-order valence-electron chi connectivity index (χ2n) is 6.76. The summed E-state index contributed by atoms with van der Waals surface area (Å²) in [6.07, 6.45) is 4.90. The van der Waals surface area contributed by atoms with Crippen molar-refractivity contribution in [2.45, 2.75) is 25.4 Å². The highest BCUT2D eigenvalue weighted by molar-refractivity contribution is 5.92. The zero-order valence-electron chi connectivity index (χ0n) is 15.4. The van der Waals surface area contributed by atoms with Crippen LogP contribution >= 0.6 is 0 Å². The number of nitrogens with zero attached hydrogens (tertiary/aromatic N) is 5. The van der Waals surface area contributed by atoms with Crippen LogP contribution in [0.25, 0.3) is 0 Å². The Morgan fingerprint density at radius 1 is 1.15 bits per heavy atom. The molecule has 0 bridgehead atoms. The SMILES string of the molecule is COc1ccc(C(=O)N2CC[C@H](Oc3cccnc3N3CCCC3)C2)nn1. The van der Waals surface area contributed by atoms with Crippen molar-refractivity contribution in [1.82, 2.24) is 20.1 Å². The van der Waals surface area contributed by atoms with Gasteiger partial charge in [0.05, 0.1) is 13.7 Å². The molecule has 4 rings (SSSR count). The lowest BCUT2D eigenvalue weighted by Gasteiger charge is -2.22. The molecular weight excluding hydrogens is 346 g/mol. The van der Waals surface area contributed by atoms with Crippen LogP contribution in [0.4, 0.5) is 5.82 Å². The highest BCUT2D eigenvalue weighted by Gasteiger charge is 2.30. The van der Waals surface area contributed by atoms with Gasteiger partial charge in [0.1, 0.15) is 6.10 Å². The molecule has 8 heteroatoms. The van der Waals surface area contributed by atoms with E-state index in [9.17, 15) is 4.79 Å². The highest BCUT2D eigenvalue weighted by Crippen LogP contribution is 2.30. The molecule has 0 spiro atoms. The number of carbonyl (C=O) groups excluding carboxylic acids is 1. The molecular formula is C19H23N5O3. The number of ether oxygens (including phenoxy) is 2. The van der Waals surface area contributed by atoms with Gasteiger partial charge in [-0.25, -0.2) is 4.98 Å². The minimum Gasteiger partial charge on any atom is -0.485 e. The highest BCUT2D eigenvalue weighted by atomic mass is 16.5. The van der Waals surface area contributed by atoms with Crippen LogP contribution < -0.4 is 14.4 Å². The maximum Gasteiger partial charge on any atom is 0.274 e. The van der Waals surface area contributed by atoms with Crippen LogP contribution in [0.15, 0.2) is 30.5 Å². The van der Waals surface area contributed by atoms with E-state index in [0.717, 1.165) is 31.1 Å². The lowest BCUT2D eigenvalue weighted by Crippen LogP contribution is -2.32. The lowest BCUT2D eigenvalue weighted by atomic mass is 10.3. The second kappa shape index (κ2) is 7.77. The smallest absolute Gasteiger partial charge is 0.274 e. The summed E-state index contributed by atoms with van der Waals surface area (Å²) in [5.41, 5.74) is 0.315. The topological polar surface area (TPSA) is 80.7 Å². The summed E-state index contributed by atoms with van der Waals surface area (Å²) in [7, 11) is 1.52. The Balaban J connectivity index is 1.40. The number of carbonyl (C=O) groups is 1. The van der Waals surface area contributed by atoms with Crippen LogP contribution in [0.1, 0.15) is 29.8 Å². The molecule has 8 nitrogen and oxygen atoms in total. The quantitative estimate of drug-likeness (QED) is 0.794. The molecule has 2 aliphatic rings. The summed E-state index contributed by atoms with van der Waals surface area (Å²) in [5.74, 6) is 1.95. The van der Waals surface area contributed by atoms with Gasteiger partial charge < -0.3 is 19.3 Å². The monoisotopic (exact) mass is 369 g/mol. The van der Waals surface area contributed by atoms with Crippen molar-refractivity contribution in [3.8, 4) is 11.6 Å². The predicted octanol–water partition coefficient (Wildman–Crippen LogP) is 1.77. The molecule has 1 amide bonds. The van der Waals surface area contributed by atoms with Gasteiger partial charge in [-0.2, -0.15) is 0 Å². The molecule has 2 aliphatic heterocycles. The summed E-state index contributed by atoms with van der Waals surface area (Å²) < 4.78 is 11.2. The van der Waals surface area contributed by atoms with E-state index in [4.69, 9.17) is 9.47 Å². The van der Waals surface area contributed by atoms with Crippen molar-refractivity contribution in [2.75, 3.05) is 38.2 Å². The Kier molecular flexibility index (Phi) is 5.04. The summed E-state index contributed by atoms with van der Waals surface area (Å²) in [5, 5.41) is 7.81. The fourth-order valence-electron chi connectivity index (χ4n) is 3.53. The first-order chi connectivity index (χ1) is 13.2. The van der Waals surface area contributed by atoms with Crippen LogP contribution in [-0.2, 0) is 0 Å². The molecule has 27 heavy (non-hydrogen) atoms. The van der Waals surface area contributed by atoms with E-state index in [1.165, 1.54) is 20.0 Å². The summed E-state index contributed by atoms with van der Waals surface area (Å²) in [6.45, 7) is 3.19. The maximum absolute atomic E-state index is 12.6. The van der Waals surface area contributed by atoms with E-state index >= 15 is 0 Å². The molecule has 0 radical (unpaired) electrons. The van der Waals surface area contributed by atoms with Gasteiger partial charge in [-0.3, -0.25) is 4.79 Å². The zero-order valence-corrected chi connectivity index (χ0v) is 15.4. The van der Waals surface area contributed by atoms with Crippen LogP contribution in [0.3, 0.4) is 0 Å². The lowest BCUT2D eigenvalue weighted by molar-refractivity contribution is 0.0765. The van der Waals surface area contributed by atoms with Gasteiger partial charge in [0.2, 0.25) is 5.88 Å². The number of hydrogen-bond donors (Lipinski definition) is 0. The number of pyridine rings is 1. The molecule has 0 saturated carbocycles. The first-order valence-corrected chi connectivity index (χ1v) is 9.28. The summed E-state index contributed by atoms with van der Waals surface area (Å²) >= 11 is 0. The third-order valence-electron chi connectivity index (χ3n) is 4.95. The number of methoxy groups -OCH3 is 1. The Morgan fingerprint density at radius 3 is 2.74 bits per heavy atom. The average molecular weight is 369 g/mol. The average Bonchev–Trinajstić information content (AvgIpc) is 3.40. The van der Waals surface area contributed by atoms with E-state index in [2.05, 4.69) is 20.1 Å². The number of hydrogen-bond acceptors (Lipinski definition) is 7. The minimum atomic E-state index is -0.137. The van der Waals surface area contributed by atoms with Crippen molar-refractivity contribution in [1.29, 1.82) is 0 Å². The van der Waals surface area contributed by atoms with Gasteiger partial charge in [-0.05, 0) is 31.0 Å². The molecule has 0 aliphatic carbocycles. The second-order valence-corrected chi connectivity index (χ2v) is 6.76. The van der Waals surface area contributed by atoms with Crippen LogP contribution in [0.5, 0.6) is 11.6 Å². The van der Waals surface area contributed by atoms with E-state index in [1.54, 1.807) is 23.2 Å². The van der Waals surface area contributed by atoms with E-state index in [0.29, 0.717) is 24.7 Å². The summed E-state index contributed by atoms with van der Waals surface area (Å²) in [4.78, 5) is 21.2. The molecule has 2 aromatic heterocycles. The standard InChI is InChI=1S/C19H23N5O3/c1-26-17-7-6-15(21-22-17)19(25)24-12-8-14(13-24)27-16-5-4-9-20-18(16)23-10-2-3-11-23/h4-7,9,14H,2-3,8,10-13H2,1H3/t14-/m0/s1. The zero-order chi connectivity index (χ0) is 18.6. The molecule has 4 heterocycles. The predicted molar refractivity (Wildman–Crippen MR) is 99.2 cm³/mol. The molecule has 0 aromatic carbocycles. The van der Waals surface area contributed by atoms with Crippen LogP contribution in [0, 0.1) is 0 Å². The molecule has 0 unspecified atom stereocenters. The Bertz CT molecular complexity index is 792. The Morgan fingerprint density at radius 2 is 2.00 bits per heavy atom. The third-order valence-corrected chi connectivity index (χ3v) is 4.95. The van der Waals surface area contributed by atoms with Crippen molar-refractivity contribution in [3.63, 3.8) is 0 Å². The van der Waals surface area contributed by atoms with Crippen molar-refractivity contribution < 1.29 is 14.3 Å². The Hall–Kier alpha value is -2.90.